The summed E-state index contributed by atoms with van der Waals surface area (Å²) in [7, 11) is 1.66. The number of carbonyl (C=O) groups is 1. The van der Waals surface area contributed by atoms with Crippen molar-refractivity contribution in [2.24, 2.45) is 0 Å². The molecule has 5 nitrogen and oxygen atoms in total. The maximum Gasteiger partial charge on any atom is 0.259 e. The maximum atomic E-state index is 13.6. The number of nitrogens with one attached hydrogen (secondary N) is 2. The Labute approximate surface area is 157 Å². The summed E-state index contributed by atoms with van der Waals surface area (Å²) in [5.74, 6) is 0.129. The van der Waals surface area contributed by atoms with Crippen LogP contribution < -0.4 is 15.4 Å². The molecule has 3 rings (SSSR count). The monoisotopic (exact) mass is 365 g/mol. The van der Waals surface area contributed by atoms with Gasteiger partial charge in [-0.25, -0.2) is 9.37 Å². The molecule has 1 amide bonds. The topological polar surface area (TPSA) is 63.2 Å². The Morgan fingerprint density at radius 1 is 1.07 bits per heavy atom. The number of methoxy groups -OCH3 is 1. The standard InChI is InChI=1S/C21H20FN3O2/c1-27-19-9-5-2-6-15(19)12-13-23-16-10-11-20(24-14-16)25-21(26)17-7-3-4-8-18(17)22/h2-11,14,23H,12-13H2,1H3,(H,24,25,26). The van der Waals surface area contributed by atoms with Crippen molar-refractivity contribution in [3.8, 4) is 5.75 Å². The van der Waals surface area contributed by atoms with Gasteiger partial charge < -0.3 is 15.4 Å². The molecule has 0 aliphatic carbocycles. The van der Waals surface area contributed by atoms with Crippen molar-refractivity contribution in [3.63, 3.8) is 0 Å². The lowest BCUT2D eigenvalue weighted by molar-refractivity contribution is 0.102. The number of para-hydroxylation sites is 1. The van der Waals surface area contributed by atoms with Crippen molar-refractivity contribution in [3.05, 3.63) is 83.8 Å². The Kier molecular flexibility index (Phi) is 5.99. The molecule has 0 fully saturated rings. The van der Waals surface area contributed by atoms with E-state index in [0.29, 0.717) is 12.4 Å². The fourth-order valence-corrected chi connectivity index (χ4v) is 2.65. The third-order valence-corrected chi connectivity index (χ3v) is 4.04. The van der Waals surface area contributed by atoms with Crippen LogP contribution in [0.1, 0.15) is 15.9 Å². The molecule has 27 heavy (non-hydrogen) atoms. The average Bonchev–Trinajstić information content (AvgIpc) is 2.70. The summed E-state index contributed by atoms with van der Waals surface area (Å²) >= 11 is 0. The van der Waals surface area contributed by atoms with Crippen LogP contribution >= 0.6 is 0 Å². The number of anilines is 2. The van der Waals surface area contributed by atoms with Gasteiger partial charge in [0, 0.05) is 6.54 Å². The highest BCUT2D eigenvalue weighted by Gasteiger charge is 2.11. The maximum absolute atomic E-state index is 13.6. The van der Waals surface area contributed by atoms with Crippen LogP contribution in [0.3, 0.4) is 0 Å². The predicted octanol–water partition coefficient (Wildman–Crippen LogP) is 4.14. The van der Waals surface area contributed by atoms with Crippen LogP contribution in [0.5, 0.6) is 5.75 Å². The second-order valence-electron chi connectivity index (χ2n) is 5.85. The molecule has 0 aliphatic rings. The average molecular weight is 365 g/mol. The lowest BCUT2D eigenvalue weighted by Crippen LogP contribution is -2.14. The highest BCUT2D eigenvalue weighted by Crippen LogP contribution is 2.18. The summed E-state index contributed by atoms with van der Waals surface area (Å²) in [6, 6.07) is 17.2. The van der Waals surface area contributed by atoms with Crippen molar-refractivity contribution < 1.29 is 13.9 Å². The normalized spacial score (nSPS) is 10.3. The van der Waals surface area contributed by atoms with Crippen molar-refractivity contribution in [1.82, 2.24) is 4.98 Å². The highest BCUT2D eigenvalue weighted by molar-refractivity contribution is 6.03. The van der Waals surface area contributed by atoms with Crippen molar-refractivity contribution in [1.29, 1.82) is 0 Å². The lowest BCUT2D eigenvalue weighted by Gasteiger charge is -2.10. The summed E-state index contributed by atoms with van der Waals surface area (Å²) in [6.45, 7) is 0.711. The fourth-order valence-electron chi connectivity index (χ4n) is 2.65. The molecular weight excluding hydrogens is 345 g/mol. The molecule has 0 radical (unpaired) electrons. The number of hydrogen-bond donors (Lipinski definition) is 2. The molecule has 0 saturated carbocycles. The molecule has 0 saturated heterocycles. The Morgan fingerprint density at radius 3 is 2.59 bits per heavy atom. The number of amides is 1. The number of aromatic nitrogens is 1. The quantitative estimate of drug-likeness (QED) is 0.661. The first kappa shape index (κ1) is 18.4. The second-order valence-corrected chi connectivity index (χ2v) is 5.85. The molecular formula is C21H20FN3O2. The number of rotatable bonds is 7. The zero-order valence-corrected chi connectivity index (χ0v) is 14.9. The minimum absolute atomic E-state index is 0.0155. The van der Waals surface area contributed by atoms with Gasteiger partial charge in [0.15, 0.2) is 0 Å². The number of benzene rings is 2. The third kappa shape index (κ3) is 4.82. The van der Waals surface area contributed by atoms with E-state index in [1.54, 1.807) is 25.4 Å². The second kappa shape index (κ2) is 8.80. The summed E-state index contributed by atoms with van der Waals surface area (Å²) < 4.78 is 19.0. The van der Waals surface area contributed by atoms with Gasteiger partial charge in [0.1, 0.15) is 17.4 Å². The van der Waals surface area contributed by atoms with Gasteiger partial charge in [0.2, 0.25) is 0 Å². The molecule has 0 unspecified atom stereocenters. The van der Waals surface area contributed by atoms with Gasteiger partial charge in [-0.05, 0) is 42.3 Å². The van der Waals surface area contributed by atoms with Gasteiger partial charge in [0.05, 0.1) is 24.6 Å². The summed E-state index contributed by atoms with van der Waals surface area (Å²) in [4.78, 5) is 16.3. The molecule has 1 aromatic heterocycles. The lowest BCUT2D eigenvalue weighted by atomic mass is 10.1. The number of carbonyl (C=O) groups excluding carboxylic acids is 1. The molecule has 1 heterocycles. The van der Waals surface area contributed by atoms with Crippen molar-refractivity contribution in [2.75, 3.05) is 24.3 Å². The van der Waals surface area contributed by atoms with Crippen LogP contribution in [0.25, 0.3) is 0 Å². The van der Waals surface area contributed by atoms with Gasteiger partial charge in [-0.15, -0.1) is 0 Å². The molecule has 0 bridgehead atoms. The van der Waals surface area contributed by atoms with E-state index < -0.39 is 11.7 Å². The molecule has 138 valence electrons. The smallest absolute Gasteiger partial charge is 0.259 e. The van der Waals surface area contributed by atoms with E-state index in [4.69, 9.17) is 4.74 Å². The third-order valence-electron chi connectivity index (χ3n) is 4.04. The molecule has 3 aromatic rings. The zero-order valence-electron chi connectivity index (χ0n) is 14.9. The van der Waals surface area contributed by atoms with Crippen molar-refractivity contribution in [2.45, 2.75) is 6.42 Å². The SMILES string of the molecule is COc1ccccc1CCNc1ccc(NC(=O)c2ccccc2F)nc1. The number of pyridine rings is 1. The first-order chi connectivity index (χ1) is 13.2. The van der Waals surface area contributed by atoms with E-state index in [2.05, 4.69) is 15.6 Å². The van der Waals surface area contributed by atoms with Crippen LogP contribution in [0.2, 0.25) is 0 Å². The fraction of sp³-hybridized carbons (Fsp3) is 0.143. The van der Waals surface area contributed by atoms with Gasteiger partial charge in [-0.2, -0.15) is 0 Å². The van der Waals surface area contributed by atoms with Gasteiger partial charge in [-0.1, -0.05) is 30.3 Å². The summed E-state index contributed by atoms with van der Waals surface area (Å²) in [5, 5.41) is 5.86. The molecule has 6 heteroatoms. The molecule has 0 spiro atoms. The van der Waals surface area contributed by atoms with E-state index in [0.717, 1.165) is 23.4 Å². The molecule has 0 atom stereocenters. The summed E-state index contributed by atoms with van der Waals surface area (Å²) in [6.07, 6.45) is 2.43. The van der Waals surface area contributed by atoms with Gasteiger partial charge >= 0.3 is 0 Å². The Morgan fingerprint density at radius 2 is 1.85 bits per heavy atom. The molecule has 2 N–H and O–H groups in total. The molecule has 2 aromatic carbocycles. The van der Waals surface area contributed by atoms with Gasteiger partial charge in [0.25, 0.3) is 5.91 Å². The van der Waals surface area contributed by atoms with Crippen LogP contribution in [-0.4, -0.2) is 24.5 Å². The number of nitrogens with zero attached hydrogens (tertiary/aromatic N) is 1. The first-order valence-electron chi connectivity index (χ1n) is 8.55. The minimum Gasteiger partial charge on any atom is -0.496 e. The van der Waals surface area contributed by atoms with Crippen LogP contribution in [0, 0.1) is 5.82 Å². The predicted molar refractivity (Wildman–Crippen MR) is 104 cm³/mol. The van der Waals surface area contributed by atoms with Crippen LogP contribution in [0.15, 0.2) is 66.9 Å². The van der Waals surface area contributed by atoms with E-state index >= 15 is 0 Å². The van der Waals surface area contributed by atoms with E-state index in [1.165, 1.54) is 18.2 Å². The van der Waals surface area contributed by atoms with E-state index in [-0.39, 0.29) is 5.56 Å². The number of halogens is 1. The Hall–Kier alpha value is -3.41. The van der Waals surface area contributed by atoms with Crippen molar-refractivity contribution >= 4 is 17.4 Å². The van der Waals surface area contributed by atoms with E-state index in [9.17, 15) is 9.18 Å². The van der Waals surface area contributed by atoms with Gasteiger partial charge in [-0.3, -0.25) is 4.79 Å². The van der Waals surface area contributed by atoms with Crippen LogP contribution in [0.4, 0.5) is 15.9 Å². The largest absolute Gasteiger partial charge is 0.496 e. The van der Waals surface area contributed by atoms with E-state index in [1.807, 2.05) is 30.3 Å². The Balaban J connectivity index is 1.54. The zero-order chi connectivity index (χ0) is 19.1. The van der Waals surface area contributed by atoms with Crippen LogP contribution in [-0.2, 0) is 6.42 Å². The first-order valence-corrected chi connectivity index (χ1v) is 8.55. The summed E-state index contributed by atoms with van der Waals surface area (Å²) in [5.41, 5.74) is 1.93. The minimum atomic E-state index is -0.565. The number of ether oxygens (including phenoxy) is 1. The highest BCUT2D eigenvalue weighted by atomic mass is 19.1. The number of hydrogen-bond acceptors (Lipinski definition) is 4. The molecule has 0 aliphatic heterocycles. The Bertz CT molecular complexity index is 913.